The number of nitrogens with two attached hydrogens (primary N) is 1. The van der Waals surface area contributed by atoms with E-state index in [-0.39, 0.29) is 29.6 Å². The molecule has 9 heteroatoms. The van der Waals surface area contributed by atoms with Crippen LogP contribution in [0, 0.1) is 29.6 Å². The minimum Gasteiger partial charge on any atom is -0.493 e. The number of amides is 2. The quantitative estimate of drug-likeness (QED) is 0.220. The van der Waals surface area contributed by atoms with Crippen LogP contribution in [0.3, 0.4) is 0 Å². The van der Waals surface area contributed by atoms with E-state index >= 15 is 0 Å². The lowest BCUT2D eigenvalue weighted by Gasteiger charge is -2.32. The van der Waals surface area contributed by atoms with Gasteiger partial charge in [0.1, 0.15) is 0 Å². The molecule has 1 saturated heterocycles. The standard InChI is InChI=1S/C33H57N3O6/c1-22(2)27(17-26-9-10-31(41-7)32(18-26)42-16-8-15-40-6)19-29(34)30(38)20-28(23(3)4)33(39)35-21-25-11-13-36(14-12-25)24(5)37/h9-10,18,22-23,25,27-30,38H,8,11-17,19-21,34H2,1-7H3,(H,35,39)/t27-,28-,29-,30-/m0/s1. The van der Waals surface area contributed by atoms with Crippen molar-refractivity contribution in [3.05, 3.63) is 23.8 Å². The number of nitrogens with one attached hydrogen (secondary N) is 1. The number of benzene rings is 1. The second-order valence-corrected chi connectivity index (χ2v) is 12.6. The Morgan fingerprint density at radius 2 is 1.74 bits per heavy atom. The molecule has 4 N–H and O–H groups in total. The predicted molar refractivity (Wildman–Crippen MR) is 167 cm³/mol. The number of piperidine rings is 1. The minimum atomic E-state index is -0.779. The molecule has 240 valence electrons. The number of methoxy groups -OCH3 is 2. The molecule has 1 aromatic rings. The summed E-state index contributed by atoms with van der Waals surface area (Å²) in [7, 11) is 3.31. The zero-order valence-electron chi connectivity index (χ0n) is 27.1. The van der Waals surface area contributed by atoms with Gasteiger partial charge >= 0.3 is 0 Å². The van der Waals surface area contributed by atoms with Crippen molar-refractivity contribution in [3.63, 3.8) is 0 Å². The first-order valence-electron chi connectivity index (χ1n) is 15.7. The molecule has 1 aliphatic rings. The van der Waals surface area contributed by atoms with Gasteiger partial charge in [-0.2, -0.15) is 0 Å². The third kappa shape index (κ3) is 11.7. The molecule has 0 unspecified atom stereocenters. The van der Waals surface area contributed by atoms with E-state index in [9.17, 15) is 14.7 Å². The van der Waals surface area contributed by atoms with Crippen LogP contribution in [0.2, 0.25) is 0 Å². The summed E-state index contributed by atoms with van der Waals surface area (Å²) in [5.41, 5.74) is 7.72. The Morgan fingerprint density at radius 1 is 1.05 bits per heavy atom. The molecule has 0 saturated carbocycles. The summed E-state index contributed by atoms with van der Waals surface area (Å²) >= 11 is 0. The van der Waals surface area contributed by atoms with Crippen LogP contribution in [0.25, 0.3) is 0 Å². The number of carbonyl (C=O) groups excluding carboxylic acids is 2. The Bertz CT molecular complexity index is 948. The van der Waals surface area contributed by atoms with Crippen molar-refractivity contribution in [1.82, 2.24) is 10.2 Å². The van der Waals surface area contributed by atoms with E-state index in [0.717, 1.165) is 44.3 Å². The number of ether oxygens (including phenoxy) is 3. The van der Waals surface area contributed by atoms with Gasteiger partial charge in [-0.15, -0.1) is 0 Å². The molecule has 0 bridgehead atoms. The van der Waals surface area contributed by atoms with Gasteiger partial charge in [0.2, 0.25) is 11.8 Å². The molecular formula is C33H57N3O6. The summed E-state index contributed by atoms with van der Waals surface area (Å²) in [4.78, 5) is 26.6. The molecule has 0 aromatic heterocycles. The lowest BCUT2D eigenvalue weighted by molar-refractivity contribution is -0.131. The van der Waals surface area contributed by atoms with Crippen molar-refractivity contribution in [1.29, 1.82) is 0 Å². The molecule has 0 spiro atoms. The molecule has 0 radical (unpaired) electrons. The Hall–Kier alpha value is -2.36. The number of nitrogens with zero attached hydrogens (tertiary/aromatic N) is 1. The third-order valence-electron chi connectivity index (χ3n) is 8.75. The molecule has 9 nitrogen and oxygen atoms in total. The molecule has 2 amide bonds. The van der Waals surface area contributed by atoms with Gasteiger partial charge in [0.15, 0.2) is 11.5 Å². The van der Waals surface area contributed by atoms with Gasteiger partial charge in [-0.25, -0.2) is 0 Å². The largest absolute Gasteiger partial charge is 0.493 e. The predicted octanol–water partition coefficient (Wildman–Crippen LogP) is 4.04. The highest BCUT2D eigenvalue weighted by Gasteiger charge is 2.30. The van der Waals surface area contributed by atoms with E-state index < -0.39 is 12.1 Å². The summed E-state index contributed by atoms with van der Waals surface area (Å²) in [6.07, 6.45) is 3.58. The number of aliphatic hydroxyl groups is 1. The van der Waals surface area contributed by atoms with Crippen LogP contribution < -0.4 is 20.5 Å². The van der Waals surface area contributed by atoms with Gasteiger partial charge in [0.05, 0.1) is 19.8 Å². The average molecular weight is 592 g/mol. The van der Waals surface area contributed by atoms with Crippen LogP contribution in [0.4, 0.5) is 0 Å². The second-order valence-electron chi connectivity index (χ2n) is 12.6. The van der Waals surface area contributed by atoms with E-state index in [2.05, 4.69) is 25.2 Å². The van der Waals surface area contributed by atoms with Gasteiger partial charge in [0, 0.05) is 58.7 Å². The Kier molecular flexibility index (Phi) is 15.6. The van der Waals surface area contributed by atoms with Crippen LogP contribution in [-0.4, -0.2) is 81.0 Å². The van der Waals surface area contributed by atoms with Crippen molar-refractivity contribution < 1.29 is 28.9 Å². The maximum Gasteiger partial charge on any atom is 0.223 e. The first kappa shape index (κ1) is 35.8. The lowest BCUT2D eigenvalue weighted by atomic mass is 9.80. The zero-order chi connectivity index (χ0) is 31.2. The highest BCUT2D eigenvalue weighted by Crippen LogP contribution is 2.32. The number of hydrogen-bond donors (Lipinski definition) is 3. The Labute approximate surface area is 253 Å². The Balaban J connectivity index is 1.95. The number of carbonyl (C=O) groups is 2. The molecular weight excluding hydrogens is 534 g/mol. The maximum atomic E-state index is 13.2. The van der Waals surface area contributed by atoms with Gasteiger partial charge in [-0.1, -0.05) is 33.8 Å². The van der Waals surface area contributed by atoms with Gasteiger partial charge in [-0.05, 0) is 73.5 Å². The van der Waals surface area contributed by atoms with E-state index in [0.29, 0.717) is 55.9 Å². The van der Waals surface area contributed by atoms with Gasteiger partial charge < -0.3 is 35.3 Å². The van der Waals surface area contributed by atoms with Crippen molar-refractivity contribution in [2.45, 2.75) is 85.3 Å². The molecule has 1 fully saturated rings. The fraction of sp³-hybridized carbons (Fsp3) is 0.758. The summed E-state index contributed by atoms with van der Waals surface area (Å²) in [5.74, 6) is 2.23. The number of rotatable bonds is 18. The number of likely N-dealkylation sites (tertiary alicyclic amines) is 1. The molecule has 2 rings (SSSR count). The van der Waals surface area contributed by atoms with Crippen molar-refractivity contribution in [2.24, 2.45) is 35.3 Å². The summed E-state index contributed by atoms with van der Waals surface area (Å²) in [6.45, 7) is 13.3. The number of hydrogen-bond acceptors (Lipinski definition) is 7. The fourth-order valence-corrected chi connectivity index (χ4v) is 5.69. The molecule has 42 heavy (non-hydrogen) atoms. The topological polar surface area (TPSA) is 123 Å². The molecule has 1 heterocycles. The van der Waals surface area contributed by atoms with Crippen molar-refractivity contribution in [3.8, 4) is 11.5 Å². The van der Waals surface area contributed by atoms with Crippen LogP contribution in [-0.2, 0) is 20.7 Å². The first-order valence-corrected chi connectivity index (χ1v) is 15.7. The van der Waals surface area contributed by atoms with Crippen molar-refractivity contribution >= 4 is 11.8 Å². The van der Waals surface area contributed by atoms with Crippen LogP contribution in [0.1, 0.15) is 72.3 Å². The van der Waals surface area contributed by atoms with Crippen LogP contribution in [0.15, 0.2) is 18.2 Å². The van der Waals surface area contributed by atoms with E-state index in [4.69, 9.17) is 19.9 Å². The van der Waals surface area contributed by atoms with Gasteiger partial charge in [0.25, 0.3) is 0 Å². The third-order valence-corrected chi connectivity index (χ3v) is 8.75. The summed E-state index contributed by atoms with van der Waals surface area (Å²) in [5, 5.41) is 14.3. The summed E-state index contributed by atoms with van der Waals surface area (Å²) < 4.78 is 16.6. The average Bonchev–Trinajstić information content (AvgIpc) is 2.96. The maximum absolute atomic E-state index is 13.2. The fourth-order valence-electron chi connectivity index (χ4n) is 5.69. The first-order chi connectivity index (χ1) is 20.0. The normalized spacial score (nSPS) is 17.2. The molecule has 0 aliphatic carbocycles. The lowest BCUT2D eigenvalue weighted by Crippen LogP contribution is -2.44. The highest BCUT2D eigenvalue weighted by molar-refractivity contribution is 5.79. The zero-order valence-corrected chi connectivity index (χ0v) is 27.1. The van der Waals surface area contributed by atoms with E-state index in [1.54, 1.807) is 21.1 Å². The monoisotopic (exact) mass is 591 g/mol. The molecule has 1 aromatic carbocycles. The van der Waals surface area contributed by atoms with E-state index in [1.807, 2.05) is 30.9 Å². The van der Waals surface area contributed by atoms with Crippen molar-refractivity contribution in [2.75, 3.05) is 47.1 Å². The highest BCUT2D eigenvalue weighted by atomic mass is 16.5. The van der Waals surface area contributed by atoms with E-state index in [1.165, 1.54) is 0 Å². The molecule has 4 atom stereocenters. The van der Waals surface area contributed by atoms with Crippen LogP contribution >= 0.6 is 0 Å². The van der Waals surface area contributed by atoms with Gasteiger partial charge in [-0.3, -0.25) is 9.59 Å². The Morgan fingerprint density at radius 3 is 2.31 bits per heavy atom. The smallest absolute Gasteiger partial charge is 0.223 e. The number of aliphatic hydroxyl groups excluding tert-OH is 1. The minimum absolute atomic E-state index is 0.0260. The van der Waals surface area contributed by atoms with Crippen LogP contribution in [0.5, 0.6) is 11.5 Å². The SMILES string of the molecule is COCCCOc1cc(C[C@@H](C[C@H](N)[C@@H](O)C[C@H](C(=O)NCC2CCN(C(C)=O)CC2)C(C)C)C(C)C)ccc1OC. The second kappa shape index (κ2) is 18.3. The summed E-state index contributed by atoms with van der Waals surface area (Å²) in [6, 6.07) is 5.59. The molecule has 1 aliphatic heterocycles.